The average molecular weight is 291 g/mol. The maximum absolute atomic E-state index is 5.78. The van der Waals surface area contributed by atoms with Crippen molar-refractivity contribution in [1.82, 2.24) is 15.5 Å². The molecule has 0 aliphatic heterocycles. The van der Waals surface area contributed by atoms with Crippen LogP contribution in [0.25, 0.3) is 0 Å². The Balaban J connectivity index is 2.09. The van der Waals surface area contributed by atoms with E-state index in [1.54, 1.807) is 14.0 Å². The molecule has 0 atom stereocenters. The molecule has 0 saturated heterocycles. The van der Waals surface area contributed by atoms with E-state index in [1.807, 2.05) is 18.2 Å². The third-order valence-corrected chi connectivity index (χ3v) is 2.89. The van der Waals surface area contributed by atoms with E-state index in [1.165, 1.54) is 0 Å². The zero-order valence-corrected chi connectivity index (χ0v) is 12.8. The van der Waals surface area contributed by atoms with Crippen LogP contribution in [0.5, 0.6) is 11.5 Å². The smallest absolute Gasteiger partial charge is 0.253 e. The maximum atomic E-state index is 5.78. The average Bonchev–Trinajstić information content (AvgIpc) is 2.88. The Kier molecular flexibility index (Phi) is 5.16. The van der Waals surface area contributed by atoms with E-state index in [9.17, 15) is 0 Å². The van der Waals surface area contributed by atoms with Crippen LogP contribution in [0.1, 0.15) is 31.2 Å². The Morgan fingerprint density at radius 1 is 1.29 bits per heavy atom. The first-order chi connectivity index (χ1) is 10.1. The van der Waals surface area contributed by atoms with Gasteiger partial charge in [0.25, 0.3) is 5.89 Å². The van der Waals surface area contributed by atoms with E-state index in [2.05, 4.69) is 29.4 Å². The molecule has 2 aromatic rings. The summed E-state index contributed by atoms with van der Waals surface area (Å²) in [6.07, 6.45) is 0. The molecule has 0 aliphatic rings. The van der Waals surface area contributed by atoms with Crippen molar-refractivity contribution in [2.24, 2.45) is 0 Å². The lowest BCUT2D eigenvalue weighted by atomic mass is 10.1. The van der Waals surface area contributed by atoms with Crippen molar-refractivity contribution in [3.05, 3.63) is 35.5 Å². The second kappa shape index (κ2) is 7.08. The van der Waals surface area contributed by atoms with Crippen molar-refractivity contribution >= 4 is 0 Å². The number of ether oxygens (including phenoxy) is 2. The number of aromatic nitrogens is 2. The molecule has 1 aromatic carbocycles. The molecule has 0 unspecified atom stereocenters. The molecule has 1 aromatic heterocycles. The molecule has 0 spiro atoms. The summed E-state index contributed by atoms with van der Waals surface area (Å²) in [5.74, 6) is 2.58. The van der Waals surface area contributed by atoms with Crippen LogP contribution in [-0.4, -0.2) is 23.3 Å². The van der Waals surface area contributed by atoms with Gasteiger partial charge < -0.3 is 19.2 Å². The summed E-state index contributed by atoms with van der Waals surface area (Å²) in [5.41, 5.74) is 1.03. The molecule has 0 fully saturated rings. The van der Waals surface area contributed by atoms with E-state index in [-0.39, 0.29) is 6.61 Å². The molecular formula is C15H21N3O3. The number of aryl methyl sites for hydroxylation is 1. The zero-order valence-electron chi connectivity index (χ0n) is 12.8. The molecule has 0 amide bonds. The molecule has 114 valence electrons. The van der Waals surface area contributed by atoms with Gasteiger partial charge in [-0.15, -0.1) is 10.2 Å². The molecule has 6 nitrogen and oxygen atoms in total. The van der Waals surface area contributed by atoms with Crippen LogP contribution >= 0.6 is 0 Å². The largest absolute Gasteiger partial charge is 0.497 e. The quantitative estimate of drug-likeness (QED) is 0.845. The molecule has 0 saturated carbocycles. The van der Waals surface area contributed by atoms with Gasteiger partial charge in [0.15, 0.2) is 6.61 Å². The van der Waals surface area contributed by atoms with Crippen molar-refractivity contribution in [2.75, 3.05) is 7.11 Å². The Labute approximate surface area is 124 Å². The highest BCUT2D eigenvalue weighted by Gasteiger charge is 2.09. The molecule has 2 rings (SSSR count). The van der Waals surface area contributed by atoms with E-state index in [4.69, 9.17) is 13.9 Å². The van der Waals surface area contributed by atoms with Crippen LogP contribution < -0.4 is 14.8 Å². The number of nitrogens with zero attached hydrogens (tertiary/aromatic N) is 2. The number of benzene rings is 1. The van der Waals surface area contributed by atoms with Gasteiger partial charge in [0, 0.05) is 25.1 Å². The monoisotopic (exact) mass is 291 g/mol. The summed E-state index contributed by atoms with van der Waals surface area (Å²) in [4.78, 5) is 0. The predicted molar refractivity (Wildman–Crippen MR) is 78.3 cm³/mol. The molecule has 1 N–H and O–H groups in total. The highest BCUT2D eigenvalue weighted by molar-refractivity contribution is 5.40. The summed E-state index contributed by atoms with van der Waals surface area (Å²) in [6.45, 7) is 6.90. The van der Waals surface area contributed by atoms with Crippen LogP contribution in [0.3, 0.4) is 0 Å². The fourth-order valence-corrected chi connectivity index (χ4v) is 1.81. The van der Waals surface area contributed by atoms with Crippen molar-refractivity contribution in [2.45, 2.75) is 40.0 Å². The fraction of sp³-hybridized carbons (Fsp3) is 0.467. The molecular weight excluding hydrogens is 270 g/mol. The van der Waals surface area contributed by atoms with Crippen molar-refractivity contribution in [3.8, 4) is 11.5 Å². The van der Waals surface area contributed by atoms with Crippen LogP contribution in [-0.2, 0) is 13.2 Å². The predicted octanol–water partition coefficient (Wildman–Crippen LogP) is 2.46. The molecule has 1 heterocycles. The summed E-state index contributed by atoms with van der Waals surface area (Å²) in [7, 11) is 1.65. The molecule has 0 radical (unpaired) electrons. The van der Waals surface area contributed by atoms with E-state index < -0.39 is 0 Å². The number of rotatable bonds is 7. The first-order valence-corrected chi connectivity index (χ1v) is 6.90. The maximum Gasteiger partial charge on any atom is 0.253 e. The molecule has 21 heavy (non-hydrogen) atoms. The highest BCUT2D eigenvalue weighted by Crippen LogP contribution is 2.25. The third kappa shape index (κ3) is 4.46. The van der Waals surface area contributed by atoms with Gasteiger partial charge >= 0.3 is 0 Å². The number of hydrogen-bond acceptors (Lipinski definition) is 6. The van der Waals surface area contributed by atoms with Gasteiger partial charge in [-0.05, 0) is 18.2 Å². The minimum absolute atomic E-state index is 0.252. The van der Waals surface area contributed by atoms with Crippen LogP contribution in [0.15, 0.2) is 22.6 Å². The minimum Gasteiger partial charge on any atom is -0.497 e. The second-order valence-electron chi connectivity index (χ2n) is 5.01. The van der Waals surface area contributed by atoms with Gasteiger partial charge in [0.1, 0.15) is 11.5 Å². The van der Waals surface area contributed by atoms with Gasteiger partial charge in [0.2, 0.25) is 5.89 Å². The Morgan fingerprint density at radius 3 is 2.71 bits per heavy atom. The Hall–Kier alpha value is -2.08. The Morgan fingerprint density at radius 2 is 2.10 bits per heavy atom. The normalized spacial score (nSPS) is 10.9. The fourth-order valence-electron chi connectivity index (χ4n) is 1.81. The highest BCUT2D eigenvalue weighted by atomic mass is 16.5. The van der Waals surface area contributed by atoms with E-state index >= 15 is 0 Å². The summed E-state index contributed by atoms with van der Waals surface area (Å²) in [5, 5.41) is 11.1. The third-order valence-electron chi connectivity index (χ3n) is 2.89. The second-order valence-corrected chi connectivity index (χ2v) is 5.01. The van der Waals surface area contributed by atoms with Crippen molar-refractivity contribution < 1.29 is 13.9 Å². The SMILES string of the molecule is COc1ccc(OCc2nnc(C)o2)c(CNC(C)C)c1. The number of nitrogens with one attached hydrogen (secondary N) is 1. The van der Waals surface area contributed by atoms with Crippen molar-refractivity contribution in [1.29, 1.82) is 0 Å². The number of hydrogen-bond donors (Lipinski definition) is 1. The van der Waals surface area contributed by atoms with Crippen LogP contribution in [0, 0.1) is 6.92 Å². The molecule has 0 bridgehead atoms. The van der Waals surface area contributed by atoms with Gasteiger partial charge in [-0.25, -0.2) is 0 Å². The summed E-state index contributed by atoms with van der Waals surface area (Å²) >= 11 is 0. The number of methoxy groups -OCH3 is 1. The first-order valence-electron chi connectivity index (χ1n) is 6.90. The lowest BCUT2D eigenvalue weighted by Gasteiger charge is -2.14. The lowest BCUT2D eigenvalue weighted by molar-refractivity contribution is 0.257. The molecule has 0 aliphatic carbocycles. The van der Waals surface area contributed by atoms with Crippen molar-refractivity contribution in [3.63, 3.8) is 0 Å². The van der Waals surface area contributed by atoms with E-state index in [0.717, 1.165) is 17.1 Å². The summed E-state index contributed by atoms with van der Waals surface area (Å²) in [6, 6.07) is 6.11. The lowest BCUT2D eigenvalue weighted by Crippen LogP contribution is -2.22. The van der Waals surface area contributed by atoms with Gasteiger partial charge in [-0.2, -0.15) is 0 Å². The topological polar surface area (TPSA) is 69.4 Å². The van der Waals surface area contributed by atoms with E-state index in [0.29, 0.717) is 24.4 Å². The van der Waals surface area contributed by atoms with Gasteiger partial charge in [-0.1, -0.05) is 13.8 Å². The molecule has 6 heteroatoms. The zero-order chi connectivity index (χ0) is 15.2. The Bertz CT molecular complexity index is 581. The standard InChI is InChI=1S/C15H21N3O3/c1-10(2)16-8-12-7-13(19-4)5-6-14(12)20-9-15-18-17-11(3)21-15/h5-7,10,16H,8-9H2,1-4H3. The summed E-state index contributed by atoms with van der Waals surface area (Å²) < 4.78 is 16.3. The van der Waals surface area contributed by atoms with Gasteiger partial charge in [0.05, 0.1) is 7.11 Å². The van der Waals surface area contributed by atoms with Crippen LogP contribution in [0.4, 0.5) is 0 Å². The minimum atomic E-state index is 0.252. The van der Waals surface area contributed by atoms with Crippen LogP contribution in [0.2, 0.25) is 0 Å². The van der Waals surface area contributed by atoms with Gasteiger partial charge in [-0.3, -0.25) is 0 Å². The first kappa shape index (κ1) is 15.3.